The highest BCUT2D eigenvalue weighted by Crippen LogP contribution is 2.30. The minimum atomic E-state index is -4.77. The SMILES string of the molecule is COC(=O)/C=C1/SCC(=O)N1CCCSc1nnnn1-c1ccc(OC(F)(F)F)cc1. The van der Waals surface area contributed by atoms with Gasteiger partial charge in [-0.2, -0.15) is 4.68 Å². The van der Waals surface area contributed by atoms with Crippen LogP contribution in [0.5, 0.6) is 5.75 Å². The Labute approximate surface area is 182 Å². The first-order valence-electron chi connectivity index (χ1n) is 8.77. The zero-order valence-electron chi connectivity index (χ0n) is 16.0. The molecule has 1 aromatic heterocycles. The number of esters is 1. The first-order valence-corrected chi connectivity index (χ1v) is 10.7. The van der Waals surface area contributed by atoms with Gasteiger partial charge in [0.15, 0.2) is 0 Å². The second kappa shape index (κ2) is 10.0. The van der Waals surface area contributed by atoms with Crippen LogP contribution in [0.25, 0.3) is 5.69 Å². The van der Waals surface area contributed by atoms with Crippen LogP contribution in [0, 0.1) is 0 Å². The van der Waals surface area contributed by atoms with Crippen molar-refractivity contribution in [2.24, 2.45) is 0 Å². The number of alkyl halides is 3. The maximum Gasteiger partial charge on any atom is 0.573 e. The third-order valence-electron chi connectivity index (χ3n) is 3.87. The standard InChI is InChI=1S/C17H16F3N5O4S2/c1-28-15(27)9-14-24(13(26)10-31-14)7-2-8-30-16-21-22-23-25(16)11-3-5-12(6-4-11)29-17(18,19)20/h3-6,9H,2,7-8,10H2,1H3/b14-9+. The second-order valence-electron chi connectivity index (χ2n) is 5.96. The van der Waals surface area contributed by atoms with E-state index in [1.165, 1.54) is 70.6 Å². The molecule has 0 unspecified atom stereocenters. The number of carbonyl (C=O) groups is 2. The number of ether oxygens (including phenoxy) is 2. The summed E-state index contributed by atoms with van der Waals surface area (Å²) in [5, 5.41) is 12.4. The number of amides is 1. The molecule has 0 spiro atoms. The molecule has 0 radical (unpaired) electrons. The normalized spacial score (nSPS) is 15.5. The molecule has 1 fully saturated rings. The lowest BCUT2D eigenvalue weighted by atomic mass is 10.3. The topological polar surface area (TPSA) is 99.4 Å². The van der Waals surface area contributed by atoms with Crippen LogP contribution < -0.4 is 4.74 Å². The van der Waals surface area contributed by atoms with Crippen molar-refractivity contribution in [3.8, 4) is 11.4 Å². The van der Waals surface area contributed by atoms with Gasteiger partial charge in [0.05, 0.1) is 29.7 Å². The third-order valence-corrected chi connectivity index (χ3v) is 5.90. The molecule has 0 bridgehead atoms. The van der Waals surface area contributed by atoms with Gasteiger partial charge in [-0.05, 0) is 41.1 Å². The molecule has 1 saturated heterocycles. The van der Waals surface area contributed by atoms with Gasteiger partial charge in [-0.25, -0.2) is 4.79 Å². The quantitative estimate of drug-likeness (QED) is 0.247. The summed E-state index contributed by atoms with van der Waals surface area (Å²) in [6.07, 6.45) is -2.88. The summed E-state index contributed by atoms with van der Waals surface area (Å²) in [6.45, 7) is 0.409. The summed E-state index contributed by atoms with van der Waals surface area (Å²) in [5.41, 5.74) is 0.469. The van der Waals surface area contributed by atoms with Crippen LogP contribution in [-0.2, 0) is 14.3 Å². The van der Waals surface area contributed by atoms with Crippen LogP contribution in [0.3, 0.4) is 0 Å². The van der Waals surface area contributed by atoms with Crippen molar-refractivity contribution in [2.45, 2.75) is 17.9 Å². The molecule has 1 amide bonds. The second-order valence-corrected chi connectivity index (χ2v) is 8.01. The predicted molar refractivity (Wildman–Crippen MR) is 105 cm³/mol. The fourth-order valence-electron chi connectivity index (χ4n) is 2.53. The highest BCUT2D eigenvalue weighted by molar-refractivity contribution is 8.04. The van der Waals surface area contributed by atoms with Crippen LogP contribution in [0.4, 0.5) is 13.2 Å². The van der Waals surface area contributed by atoms with Gasteiger partial charge >= 0.3 is 12.3 Å². The Morgan fingerprint density at radius 3 is 2.74 bits per heavy atom. The smallest absolute Gasteiger partial charge is 0.466 e. The molecular formula is C17H16F3N5O4S2. The van der Waals surface area contributed by atoms with E-state index >= 15 is 0 Å². The molecule has 0 saturated carbocycles. The molecule has 1 aliphatic rings. The molecule has 2 aromatic rings. The fraction of sp³-hybridized carbons (Fsp3) is 0.353. The van der Waals surface area contributed by atoms with E-state index in [0.717, 1.165) is 0 Å². The van der Waals surface area contributed by atoms with Crippen molar-refractivity contribution in [3.63, 3.8) is 0 Å². The van der Waals surface area contributed by atoms with Crippen LogP contribution in [-0.4, -0.2) is 68.5 Å². The Bertz CT molecular complexity index is 965. The summed E-state index contributed by atoms with van der Waals surface area (Å²) in [4.78, 5) is 25.0. The van der Waals surface area contributed by atoms with Crippen molar-refractivity contribution < 1.29 is 32.2 Å². The molecule has 0 atom stereocenters. The minimum Gasteiger partial charge on any atom is -0.466 e. The number of benzene rings is 1. The molecule has 1 aliphatic heterocycles. The number of methoxy groups -OCH3 is 1. The minimum absolute atomic E-state index is 0.0869. The number of halogens is 3. The highest BCUT2D eigenvalue weighted by atomic mass is 32.2. The van der Waals surface area contributed by atoms with Gasteiger partial charge in [0.1, 0.15) is 5.75 Å². The number of thioether (sulfide) groups is 2. The predicted octanol–water partition coefficient (Wildman–Crippen LogP) is 2.63. The fourth-order valence-corrected chi connectivity index (χ4v) is 4.30. The average Bonchev–Trinajstić information content (AvgIpc) is 3.32. The molecule has 31 heavy (non-hydrogen) atoms. The molecular weight excluding hydrogens is 459 g/mol. The summed E-state index contributed by atoms with van der Waals surface area (Å²) in [5.74, 6) is -0.126. The number of nitrogens with zero attached hydrogens (tertiary/aromatic N) is 5. The van der Waals surface area contributed by atoms with E-state index < -0.39 is 12.3 Å². The van der Waals surface area contributed by atoms with Crippen LogP contribution in [0.2, 0.25) is 0 Å². The Kier molecular flexibility index (Phi) is 7.43. The molecule has 3 rings (SSSR count). The number of rotatable bonds is 8. The van der Waals surface area contributed by atoms with E-state index in [1.54, 1.807) is 0 Å². The molecule has 166 valence electrons. The number of hydrogen-bond donors (Lipinski definition) is 0. The van der Waals surface area contributed by atoms with Gasteiger partial charge in [-0.3, -0.25) is 4.79 Å². The highest BCUT2D eigenvalue weighted by Gasteiger charge is 2.31. The lowest BCUT2D eigenvalue weighted by Crippen LogP contribution is -2.26. The first kappa shape index (κ1) is 22.9. The van der Waals surface area contributed by atoms with Gasteiger partial charge in [-0.1, -0.05) is 23.5 Å². The van der Waals surface area contributed by atoms with E-state index in [1.807, 2.05) is 0 Å². The molecule has 9 nitrogen and oxygen atoms in total. The van der Waals surface area contributed by atoms with E-state index in [2.05, 4.69) is 25.0 Å². The summed E-state index contributed by atoms with van der Waals surface area (Å²) in [6, 6.07) is 5.16. The molecule has 1 aromatic carbocycles. The average molecular weight is 475 g/mol. The van der Waals surface area contributed by atoms with E-state index in [0.29, 0.717) is 34.6 Å². The molecule has 0 N–H and O–H groups in total. The monoisotopic (exact) mass is 475 g/mol. The van der Waals surface area contributed by atoms with Crippen LogP contribution >= 0.6 is 23.5 Å². The van der Waals surface area contributed by atoms with Crippen molar-refractivity contribution in [1.82, 2.24) is 25.1 Å². The van der Waals surface area contributed by atoms with Gasteiger partial charge in [0.25, 0.3) is 0 Å². The largest absolute Gasteiger partial charge is 0.573 e. The lowest BCUT2D eigenvalue weighted by Gasteiger charge is -2.16. The number of tetrazole rings is 1. The van der Waals surface area contributed by atoms with Crippen molar-refractivity contribution in [2.75, 3.05) is 25.2 Å². The van der Waals surface area contributed by atoms with Crippen LogP contribution in [0.15, 0.2) is 40.5 Å². The summed E-state index contributed by atoms with van der Waals surface area (Å²) in [7, 11) is 1.27. The maximum absolute atomic E-state index is 12.3. The zero-order chi connectivity index (χ0) is 22.4. The number of hydrogen-bond acceptors (Lipinski definition) is 9. The van der Waals surface area contributed by atoms with Gasteiger partial charge in [0.2, 0.25) is 11.1 Å². The third kappa shape index (κ3) is 6.37. The number of aromatic nitrogens is 4. The van der Waals surface area contributed by atoms with Crippen molar-refractivity contribution in [3.05, 3.63) is 35.4 Å². The molecule has 2 heterocycles. The zero-order valence-corrected chi connectivity index (χ0v) is 17.7. The first-order chi connectivity index (χ1) is 14.8. The van der Waals surface area contributed by atoms with Crippen molar-refractivity contribution >= 4 is 35.4 Å². The maximum atomic E-state index is 12.3. The van der Waals surface area contributed by atoms with Crippen molar-refractivity contribution in [1.29, 1.82) is 0 Å². The van der Waals surface area contributed by atoms with Gasteiger partial charge < -0.3 is 14.4 Å². The van der Waals surface area contributed by atoms with E-state index in [4.69, 9.17) is 0 Å². The summed E-state index contributed by atoms with van der Waals surface area (Å²) >= 11 is 2.60. The molecule has 0 aliphatic carbocycles. The molecule has 14 heteroatoms. The van der Waals surface area contributed by atoms with E-state index in [-0.39, 0.29) is 17.4 Å². The van der Waals surface area contributed by atoms with E-state index in [9.17, 15) is 22.8 Å². The van der Waals surface area contributed by atoms with Gasteiger partial charge in [0, 0.05) is 12.3 Å². The number of carbonyl (C=O) groups excluding carboxylic acids is 2. The Hall–Kier alpha value is -2.74. The summed E-state index contributed by atoms with van der Waals surface area (Å²) < 4.78 is 46.7. The Balaban J connectivity index is 1.56. The van der Waals surface area contributed by atoms with Gasteiger partial charge in [-0.15, -0.1) is 18.3 Å². The Morgan fingerprint density at radius 2 is 2.06 bits per heavy atom. The van der Waals surface area contributed by atoms with Crippen LogP contribution in [0.1, 0.15) is 6.42 Å². The lowest BCUT2D eigenvalue weighted by molar-refractivity contribution is -0.274. The Morgan fingerprint density at radius 1 is 1.32 bits per heavy atom.